The number of amides is 1. The van der Waals surface area contributed by atoms with E-state index in [2.05, 4.69) is 15.2 Å². The Morgan fingerprint density at radius 3 is 2.53 bits per heavy atom. The van der Waals surface area contributed by atoms with E-state index in [1.165, 1.54) is 28.1 Å². The fraction of sp³-hybridized carbons (Fsp3) is 0.500. The predicted molar refractivity (Wildman–Crippen MR) is 117 cm³/mol. The van der Waals surface area contributed by atoms with Crippen LogP contribution in [0.25, 0.3) is 0 Å². The van der Waals surface area contributed by atoms with Gasteiger partial charge in [-0.25, -0.2) is 13.4 Å². The predicted octanol–water partition coefficient (Wildman–Crippen LogP) is 2.72. The molecule has 2 aliphatic heterocycles. The molecule has 2 aliphatic rings. The van der Waals surface area contributed by atoms with Gasteiger partial charge in [0, 0.05) is 42.9 Å². The highest BCUT2D eigenvalue weighted by Crippen LogP contribution is 2.29. The molecule has 8 nitrogen and oxygen atoms in total. The number of hydrogen-bond acceptors (Lipinski definition) is 7. The summed E-state index contributed by atoms with van der Waals surface area (Å²) in [5, 5.41) is 3.33. The second-order valence-corrected chi connectivity index (χ2v) is 10.6. The van der Waals surface area contributed by atoms with Crippen LogP contribution in [0.1, 0.15) is 34.5 Å². The standard InChI is InChI=1S/C20H26N4O4S2/c1-15-14-21-20(29-15)22-19(25)17-13-16(30(26,27)24-9-11-28-12-10-24)5-6-18(17)23-7-3-2-4-8-23/h5-6,13-14H,2-4,7-12H2,1H3,(H,21,22,25). The number of aromatic nitrogens is 1. The molecule has 1 aromatic heterocycles. The SMILES string of the molecule is Cc1cnc(NC(=O)c2cc(S(=O)(=O)N3CCOCC3)ccc2N2CCCCC2)s1. The number of rotatable bonds is 5. The summed E-state index contributed by atoms with van der Waals surface area (Å²) >= 11 is 1.39. The molecule has 2 saturated heterocycles. The van der Waals surface area contributed by atoms with Crippen LogP contribution in [0.4, 0.5) is 10.8 Å². The van der Waals surface area contributed by atoms with Crippen molar-refractivity contribution in [3.05, 3.63) is 34.8 Å². The van der Waals surface area contributed by atoms with E-state index >= 15 is 0 Å². The van der Waals surface area contributed by atoms with Gasteiger partial charge in [-0.15, -0.1) is 11.3 Å². The molecular weight excluding hydrogens is 424 g/mol. The van der Waals surface area contributed by atoms with Crippen LogP contribution in [0.2, 0.25) is 0 Å². The summed E-state index contributed by atoms with van der Waals surface area (Å²) in [7, 11) is -3.69. The first-order chi connectivity index (χ1) is 14.4. The fourth-order valence-corrected chi connectivity index (χ4v) is 5.88. The maximum atomic E-state index is 13.1. The molecule has 162 valence electrons. The number of anilines is 2. The number of thiazole rings is 1. The van der Waals surface area contributed by atoms with Crippen molar-refractivity contribution >= 4 is 38.1 Å². The summed E-state index contributed by atoms with van der Waals surface area (Å²) in [5.41, 5.74) is 1.13. The Morgan fingerprint density at radius 1 is 1.13 bits per heavy atom. The molecule has 0 aliphatic carbocycles. The van der Waals surface area contributed by atoms with Crippen LogP contribution >= 0.6 is 11.3 Å². The van der Waals surface area contributed by atoms with E-state index in [9.17, 15) is 13.2 Å². The van der Waals surface area contributed by atoms with E-state index in [-0.39, 0.29) is 10.8 Å². The monoisotopic (exact) mass is 450 g/mol. The van der Waals surface area contributed by atoms with Crippen molar-refractivity contribution in [3.63, 3.8) is 0 Å². The topological polar surface area (TPSA) is 91.8 Å². The van der Waals surface area contributed by atoms with Crippen molar-refractivity contribution in [2.75, 3.05) is 49.6 Å². The number of ether oxygens (including phenoxy) is 1. The Morgan fingerprint density at radius 2 is 1.87 bits per heavy atom. The number of hydrogen-bond donors (Lipinski definition) is 1. The van der Waals surface area contributed by atoms with Gasteiger partial charge >= 0.3 is 0 Å². The third-order valence-electron chi connectivity index (χ3n) is 5.36. The van der Waals surface area contributed by atoms with Crippen LogP contribution in [0.15, 0.2) is 29.3 Å². The van der Waals surface area contributed by atoms with Gasteiger partial charge in [0.05, 0.1) is 23.7 Å². The van der Waals surface area contributed by atoms with Crippen molar-refractivity contribution in [2.24, 2.45) is 0 Å². The summed E-state index contributed by atoms with van der Waals surface area (Å²) in [4.78, 5) is 20.6. The number of piperidine rings is 1. The van der Waals surface area contributed by atoms with Crippen molar-refractivity contribution in [1.82, 2.24) is 9.29 Å². The van der Waals surface area contributed by atoms with E-state index < -0.39 is 10.0 Å². The summed E-state index contributed by atoms with van der Waals surface area (Å²) in [5.74, 6) is -0.344. The molecule has 1 amide bonds. The van der Waals surface area contributed by atoms with E-state index in [1.54, 1.807) is 18.3 Å². The van der Waals surface area contributed by atoms with Crippen LogP contribution in [0.5, 0.6) is 0 Å². The molecular formula is C20H26N4O4S2. The largest absolute Gasteiger partial charge is 0.379 e. The fourth-order valence-electron chi connectivity index (χ4n) is 3.78. The van der Waals surface area contributed by atoms with E-state index in [1.807, 2.05) is 6.92 Å². The Bertz CT molecular complexity index is 1010. The lowest BCUT2D eigenvalue weighted by Gasteiger charge is -2.31. The molecule has 0 saturated carbocycles. The third kappa shape index (κ3) is 4.51. The first-order valence-electron chi connectivity index (χ1n) is 10.2. The zero-order valence-electron chi connectivity index (χ0n) is 17.0. The molecule has 0 radical (unpaired) electrons. The van der Waals surface area contributed by atoms with E-state index in [4.69, 9.17) is 4.74 Å². The van der Waals surface area contributed by atoms with Gasteiger partial charge in [0.2, 0.25) is 10.0 Å². The molecule has 10 heteroatoms. The van der Waals surface area contributed by atoms with Gasteiger partial charge in [-0.2, -0.15) is 4.31 Å². The second-order valence-electron chi connectivity index (χ2n) is 7.47. The van der Waals surface area contributed by atoms with Gasteiger partial charge in [-0.1, -0.05) is 0 Å². The minimum atomic E-state index is -3.69. The Kier molecular flexibility index (Phi) is 6.37. The quantitative estimate of drug-likeness (QED) is 0.753. The normalized spacial score (nSPS) is 18.4. The van der Waals surface area contributed by atoms with Crippen molar-refractivity contribution in [2.45, 2.75) is 31.1 Å². The van der Waals surface area contributed by atoms with Gasteiger partial charge in [-0.05, 0) is 44.4 Å². The smallest absolute Gasteiger partial charge is 0.259 e. The Hall–Kier alpha value is -2.01. The van der Waals surface area contributed by atoms with Gasteiger partial charge in [0.1, 0.15) is 0 Å². The summed E-state index contributed by atoms with van der Waals surface area (Å²) in [6, 6.07) is 4.88. The number of nitrogens with zero attached hydrogens (tertiary/aromatic N) is 3. The van der Waals surface area contributed by atoms with E-state index in [0.29, 0.717) is 37.0 Å². The third-order valence-corrected chi connectivity index (χ3v) is 8.08. The minimum absolute atomic E-state index is 0.130. The van der Waals surface area contributed by atoms with Crippen LogP contribution in [-0.2, 0) is 14.8 Å². The molecule has 0 unspecified atom stereocenters. The van der Waals surface area contributed by atoms with Gasteiger partial charge in [0.15, 0.2) is 5.13 Å². The van der Waals surface area contributed by atoms with Crippen LogP contribution < -0.4 is 10.2 Å². The van der Waals surface area contributed by atoms with Crippen LogP contribution in [0.3, 0.4) is 0 Å². The summed E-state index contributed by atoms with van der Waals surface area (Å²) < 4.78 is 32.9. The number of sulfonamides is 1. The number of carbonyl (C=O) groups is 1. The highest BCUT2D eigenvalue weighted by Gasteiger charge is 2.29. The van der Waals surface area contributed by atoms with E-state index in [0.717, 1.165) is 36.5 Å². The number of benzene rings is 1. The number of aryl methyl sites for hydroxylation is 1. The van der Waals surface area contributed by atoms with Crippen molar-refractivity contribution in [3.8, 4) is 0 Å². The lowest BCUT2D eigenvalue weighted by molar-refractivity contribution is 0.0730. The Labute approximate surface area is 180 Å². The zero-order valence-corrected chi connectivity index (χ0v) is 18.6. The lowest BCUT2D eigenvalue weighted by Crippen LogP contribution is -2.40. The summed E-state index contributed by atoms with van der Waals surface area (Å²) in [6.45, 7) is 5.01. The molecule has 0 spiro atoms. The molecule has 3 heterocycles. The molecule has 1 aromatic carbocycles. The highest BCUT2D eigenvalue weighted by molar-refractivity contribution is 7.89. The number of morpholine rings is 1. The highest BCUT2D eigenvalue weighted by atomic mass is 32.2. The van der Waals surface area contributed by atoms with Gasteiger partial charge in [-0.3, -0.25) is 10.1 Å². The van der Waals surface area contributed by atoms with Gasteiger partial charge in [0.25, 0.3) is 5.91 Å². The number of nitrogens with one attached hydrogen (secondary N) is 1. The summed E-state index contributed by atoms with van der Waals surface area (Å²) in [6.07, 6.45) is 4.98. The molecule has 2 fully saturated rings. The molecule has 4 rings (SSSR count). The molecule has 0 atom stereocenters. The Balaban J connectivity index is 1.69. The average molecular weight is 451 g/mol. The van der Waals surface area contributed by atoms with Gasteiger partial charge < -0.3 is 9.64 Å². The first-order valence-corrected chi connectivity index (χ1v) is 12.4. The second kappa shape index (κ2) is 9.01. The first kappa shape index (κ1) is 21.2. The minimum Gasteiger partial charge on any atom is -0.379 e. The van der Waals surface area contributed by atoms with Crippen LogP contribution in [-0.4, -0.2) is 63.0 Å². The molecule has 30 heavy (non-hydrogen) atoms. The average Bonchev–Trinajstić information content (AvgIpc) is 3.19. The van der Waals surface area contributed by atoms with Crippen molar-refractivity contribution in [1.29, 1.82) is 0 Å². The zero-order chi connectivity index (χ0) is 21.1. The van der Waals surface area contributed by atoms with Crippen molar-refractivity contribution < 1.29 is 17.9 Å². The lowest BCUT2D eigenvalue weighted by atomic mass is 10.1. The van der Waals surface area contributed by atoms with Crippen LogP contribution in [0, 0.1) is 6.92 Å². The maximum Gasteiger partial charge on any atom is 0.259 e. The molecule has 1 N–H and O–H groups in total. The number of carbonyl (C=O) groups excluding carboxylic acids is 1. The maximum absolute atomic E-state index is 13.1. The molecule has 0 bridgehead atoms. The molecule has 2 aromatic rings.